The van der Waals surface area contributed by atoms with E-state index < -0.39 is 18.0 Å². The van der Waals surface area contributed by atoms with Gasteiger partial charge in [-0.3, -0.25) is 4.79 Å². The number of aryl methyl sites for hydroxylation is 2. The second-order valence-corrected chi connectivity index (χ2v) is 4.04. The van der Waals surface area contributed by atoms with Crippen LogP contribution in [-0.4, -0.2) is 24.6 Å². The van der Waals surface area contributed by atoms with Gasteiger partial charge in [-0.1, -0.05) is 18.2 Å². The van der Waals surface area contributed by atoms with Crippen LogP contribution in [0, 0.1) is 13.8 Å². The van der Waals surface area contributed by atoms with Gasteiger partial charge in [0, 0.05) is 0 Å². The molecule has 0 saturated heterocycles. The molecule has 0 fully saturated rings. The first-order chi connectivity index (χ1) is 8.41. The molecule has 2 N–H and O–H groups in total. The number of primary amides is 1. The highest BCUT2D eigenvalue weighted by atomic mass is 16.6. The van der Waals surface area contributed by atoms with Crippen LogP contribution in [0.15, 0.2) is 18.2 Å². The number of carbonyl (C=O) groups is 2. The maximum atomic E-state index is 11.4. The average molecular weight is 251 g/mol. The molecule has 1 aromatic carbocycles. The first-order valence-electron chi connectivity index (χ1n) is 5.59. The summed E-state index contributed by atoms with van der Waals surface area (Å²) >= 11 is 0. The van der Waals surface area contributed by atoms with E-state index in [0.717, 1.165) is 11.1 Å². The fraction of sp³-hybridized carbons (Fsp3) is 0.385. The van der Waals surface area contributed by atoms with Gasteiger partial charge in [-0.2, -0.15) is 0 Å². The number of carbonyl (C=O) groups excluding carboxylic acids is 2. The van der Waals surface area contributed by atoms with Crippen molar-refractivity contribution in [2.24, 2.45) is 5.73 Å². The molecule has 98 valence electrons. The van der Waals surface area contributed by atoms with Crippen molar-refractivity contribution in [1.29, 1.82) is 0 Å². The zero-order chi connectivity index (χ0) is 13.7. The second-order valence-electron chi connectivity index (χ2n) is 4.04. The molecule has 0 saturated carbocycles. The third-order valence-electron chi connectivity index (χ3n) is 2.45. The van der Waals surface area contributed by atoms with E-state index in [-0.39, 0.29) is 6.61 Å². The summed E-state index contributed by atoms with van der Waals surface area (Å²) in [7, 11) is 0. The van der Waals surface area contributed by atoms with Gasteiger partial charge in [0.25, 0.3) is 5.91 Å². The molecule has 1 aromatic rings. The van der Waals surface area contributed by atoms with Crippen LogP contribution >= 0.6 is 0 Å². The largest absolute Gasteiger partial charge is 0.481 e. The van der Waals surface area contributed by atoms with E-state index in [1.54, 1.807) is 0 Å². The number of para-hydroxylation sites is 1. The number of nitrogens with two attached hydrogens (primary N) is 1. The van der Waals surface area contributed by atoms with Crippen molar-refractivity contribution < 1.29 is 19.1 Å². The molecule has 5 nitrogen and oxygen atoms in total. The minimum Gasteiger partial charge on any atom is -0.481 e. The van der Waals surface area contributed by atoms with Gasteiger partial charge in [-0.15, -0.1) is 0 Å². The fourth-order valence-electron chi connectivity index (χ4n) is 1.45. The number of rotatable bonds is 5. The Labute approximate surface area is 106 Å². The Morgan fingerprint density at radius 1 is 1.28 bits per heavy atom. The van der Waals surface area contributed by atoms with Gasteiger partial charge < -0.3 is 15.2 Å². The van der Waals surface area contributed by atoms with E-state index in [4.69, 9.17) is 15.2 Å². The van der Waals surface area contributed by atoms with Crippen molar-refractivity contribution in [2.45, 2.75) is 26.9 Å². The Morgan fingerprint density at radius 3 is 2.33 bits per heavy atom. The number of esters is 1. The van der Waals surface area contributed by atoms with Gasteiger partial charge in [0.15, 0.2) is 12.7 Å². The zero-order valence-corrected chi connectivity index (χ0v) is 10.7. The van der Waals surface area contributed by atoms with E-state index in [0.29, 0.717) is 5.75 Å². The molecule has 0 aliphatic heterocycles. The molecule has 0 aromatic heterocycles. The third kappa shape index (κ3) is 3.76. The summed E-state index contributed by atoms with van der Waals surface area (Å²) in [5, 5.41) is 0. The van der Waals surface area contributed by atoms with Crippen molar-refractivity contribution in [2.75, 3.05) is 6.61 Å². The monoisotopic (exact) mass is 251 g/mol. The van der Waals surface area contributed by atoms with Crippen LogP contribution in [0.4, 0.5) is 0 Å². The van der Waals surface area contributed by atoms with E-state index >= 15 is 0 Å². The molecule has 1 rings (SSSR count). The fourth-order valence-corrected chi connectivity index (χ4v) is 1.45. The summed E-state index contributed by atoms with van der Waals surface area (Å²) in [4.78, 5) is 22.1. The topological polar surface area (TPSA) is 78.6 Å². The molecule has 1 unspecified atom stereocenters. The van der Waals surface area contributed by atoms with Crippen molar-refractivity contribution >= 4 is 11.9 Å². The lowest BCUT2D eigenvalue weighted by molar-refractivity contribution is -0.155. The minimum atomic E-state index is -0.945. The molecule has 5 heteroatoms. The first kappa shape index (κ1) is 14.0. The van der Waals surface area contributed by atoms with Crippen LogP contribution in [0.3, 0.4) is 0 Å². The zero-order valence-electron chi connectivity index (χ0n) is 10.7. The van der Waals surface area contributed by atoms with Crippen molar-refractivity contribution in [3.8, 4) is 5.75 Å². The van der Waals surface area contributed by atoms with E-state index in [1.807, 2.05) is 32.0 Å². The van der Waals surface area contributed by atoms with Gasteiger partial charge >= 0.3 is 5.97 Å². The summed E-state index contributed by atoms with van der Waals surface area (Å²) in [5.41, 5.74) is 6.85. The molecular weight excluding hydrogens is 234 g/mol. The molecule has 0 heterocycles. The Kier molecular flexibility index (Phi) is 4.71. The quantitative estimate of drug-likeness (QED) is 0.795. The molecule has 0 bridgehead atoms. The van der Waals surface area contributed by atoms with Gasteiger partial charge in [0.05, 0.1) is 0 Å². The lowest BCUT2D eigenvalue weighted by Gasteiger charge is -2.13. The SMILES string of the molecule is Cc1cccc(C)c1OCC(=O)OC(C)C(N)=O. The molecule has 0 spiro atoms. The summed E-state index contributed by atoms with van der Waals surface area (Å²) in [6.45, 7) is 4.95. The highest BCUT2D eigenvalue weighted by molar-refractivity contribution is 5.82. The lowest BCUT2D eigenvalue weighted by Crippen LogP contribution is -2.32. The summed E-state index contributed by atoms with van der Waals surface area (Å²) < 4.78 is 10.2. The standard InChI is InChI=1S/C13H17NO4/c1-8-5-4-6-9(2)12(8)17-7-11(15)18-10(3)13(14)16/h4-6,10H,7H2,1-3H3,(H2,14,16). The van der Waals surface area contributed by atoms with Gasteiger partial charge in [-0.25, -0.2) is 4.79 Å². The number of ether oxygens (including phenoxy) is 2. The van der Waals surface area contributed by atoms with E-state index in [1.165, 1.54) is 6.92 Å². The maximum absolute atomic E-state index is 11.4. The summed E-state index contributed by atoms with van der Waals surface area (Å²) in [5.74, 6) is -0.652. The van der Waals surface area contributed by atoms with Crippen LogP contribution in [0.2, 0.25) is 0 Å². The summed E-state index contributed by atoms with van der Waals surface area (Å²) in [6, 6.07) is 5.68. The summed E-state index contributed by atoms with van der Waals surface area (Å²) in [6.07, 6.45) is -0.945. The molecule has 1 amide bonds. The van der Waals surface area contributed by atoms with E-state index in [9.17, 15) is 9.59 Å². The van der Waals surface area contributed by atoms with Crippen molar-refractivity contribution in [3.63, 3.8) is 0 Å². The normalized spacial score (nSPS) is 11.7. The highest BCUT2D eigenvalue weighted by Crippen LogP contribution is 2.22. The van der Waals surface area contributed by atoms with Crippen LogP contribution < -0.4 is 10.5 Å². The van der Waals surface area contributed by atoms with Crippen LogP contribution in [0.1, 0.15) is 18.1 Å². The van der Waals surface area contributed by atoms with Gasteiger partial charge in [0.2, 0.25) is 0 Å². The average Bonchev–Trinajstić information content (AvgIpc) is 2.28. The Morgan fingerprint density at radius 2 is 1.83 bits per heavy atom. The number of benzene rings is 1. The van der Waals surface area contributed by atoms with Crippen LogP contribution in [0.25, 0.3) is 0 Å². The van der Waals surface area contributed by atoms with Crippen molar-refractivity contribution in [1.82, 2.24) is 0 Å². The van der Waals surface area contributed by atoms with E-state index in [2.05, 4.69) is 0 Å². The molecule has 0 aliphatic carbocycles. The smallest absolute Gasteiger partial charge is 0.344 e. The Balaban J connectivity index is 2.55. The number of hydrogen-bond donors (Lipinski definition) is 1. The van der Waals surface area contributed by atoms with Crippen LogP contribution in [0.5, 0.6) is 5.75 Å². The van der Waals surface area contributed by atoms with Gasteiger partial charge in [-0.05, 0) is 31.9 Å². The molecule has 0 radical (unpaired) electrons. The second kappa shape index (κ2) is 6.05. The molecular formula is C13H17NO4. The Bertz CT molecular complexity index is 436. The maximum Gasteiger partial charge on any atom is 0.344 e. The van der Waals surface area contributed by atoms with Gasteiger partial charge in [0.1, 0.15) is 5.75 Å². The number of amides is 1. The highest BCUT2D eigenvalue weighted by Gasteiger charge is 2.15. The molecule has 1 atom stereocenters. The third-order valence-corrected chi connectivity index (χ3v) is 2.45. The van der Waals surface area contributed by atoms with Crippen molar-refractivity contribution in [3.05, 3.63) is 29.3 Å². The van der Waals surface area contributed by atoms with Crippen LogP contribution in [-0.2, 0) is 14.3 Å². The predicted octanol–water partition coefficient (Wildman–Crippen LogP) is 1.10. The first-order valence-corrected chi connectivity index (χ1v) is 5.59. The minimum absolute atomic E-state index is 0.247. The lowest BCUT2D eigenvalue weighted by atomic mass is 10.1. The Hall–Kier alpha value is -2.04. The predicted molar refractivity (Wildman–Crippen MR) is 66.2 cm³/mol. The molecule has 18 heavy (non-hydrogen) atoms. The number of hydrogen-bond acceptors (Lipinski definition) is 4. The molecule has 0 aliphatic rings.